The topological polar surface area (TPSA) is 80.3 Å². The van der Waals surface area contributed by atoms with Crippen molar-refractivity contribution in [3.8, 4) is 0 Å². The zero-order valence-electron chi connectivity index (χ0n) is 2.54. The maximum absolute atomic E-state index is 8.52. The Hall–Kier alpha value is 0.753. The second-order valence-electron chi connectivity index (χ2n) is 0.408. The molecule has 0 N–H and O–H groups in total. The third-order valence-electron chi connectivity index (χ3n) is 0. The molecule has 6 heavy (non-hydrogen) atoms. The molecule has 0 aliphatic carbocycles. The third kappa shape index (κ3) is 118. The van der Waals surface area contributed by atoms with Gasteiger partial charge in [0.25, 0.3) is 0 Å². The monoisotopic (exact) mass is 186 g/mol. The molecule has 6 heteroatoms. The first-order valence-electron chi connectivity index (χ1n) is 0.667. The van der Waals surface area contributed by atoms with Gasteiger partial charge in [-0.2, -0.15) is 0 Å². The average Bonchev–Trinajstić information content (AvgIpc) is 0.722. The second kappa shape index (κ2) is 2.85. The fourth-order valence-electron chi connectivity index (χ4n) is 0. The smallest absolute Gasteiger partial charge is 0.759 e. The van der Waals surface area contributed by atoms with Crippen molar-refractivity contribution < 1.29 is 43.7 Å². The molecule has 0 fully saturated rings. The molecule has 0 heterocycles. The molecular weight excluding hydrogens is 187 g/mol. The van der Waals surface area contributed by atoms with Gasteiger partial charge in [0.05, 0.1) is 0 Å². The van der Waals surface area contributed by atoms with Crippen LogP contribution in [0.1, 0.15) is 0 Å². The van der Waals surface area contributed by atoms with Crippen LogP contribution in [0.2, 0.25) is 0 Å². The average molecular weight is 187 g/mol. The minimum absolute atomic E-state index is 0. The molecule has 0 aliphatic heterocycles. The Kier molecular flexibility index (Phi) is 4.70. The van der Waals surface area contributed by atoms with Gasteiger partial charge in [-0.25, -0.2) is 0 Å². The first-order valence-corrected chi connectivity index (χ1v) is 2.00. The van der Waals surface area contributed by atoms with Crippen LogP contribution in [0.15, 0.2) is 0 Å². The van der Waals surface area contributed by atoms with Gasteiger partial charge in [0, 0.05) is 10.4 Å². The fraction of sp³-hybridized carbons (Fsp3) is 0. The van der Waals surface area contributed by atoms with Crippen LogP contribution < -0.4 is 0 Å². The van der Waals surface area contributed by atoms with Crippen molar-refractivity contribution in [3.63, 3.8) is 0 Å². The maximum Gasteiger partial charge on any atom is 4.00 e. The van der Waals surface area contributed by atoms with Crippen LogP contribution in [0.5, 0.6) is 0 Å². The number of rotatable bonds is 0. The summed E-state index contributed by atoms with van der Waals surface area (Å²) in [4.78, 5) is 0. The fourth-order valence-corrected chi connectivity index (χ4v) is 0. The molecule has 4 nitrogen and oxygen atoms in total. The summed E-state index contributed by atoms with van der Waals surface area (Å²) in [6.45, 7) is 0. The minimum Gasteiger partial charge on any atom is -0.759 e. The van der Waals surface area contributed by atoms with Crippen LogP contribution in [-0.2, 0) is 36.6 Å². The molecule has 0 atom stereocenters. The SMILES string of the molecule is O=S(=O)([O-])[O-].[Zr+4]. The van der Waals surface area contributed by atoms with Gasteiger partial charge < -0.3 is 9.11 Å². The van der Waals surface area contributed by atoms with E-state index < -0.39 is 10.4 Å². The summed E-state index contributed by atoms with van der Waals surface area (Å²) in [6.07, 6.45) is 0. The third-order valence-corrected chi connectivity index (χ3v) is 0. The molecule has 0 bridgehead atoms. The molecule has 0 aromatic carbocycles. The predicted molar refractivity (Wildman–Crippen MR) is 10.5 cm³/mol. The maximum atomic E-state index is 8.52. The van der Waals surface area contributed by atoms with Crippen molar-refractivity contribution in [2.45, 2.75) is 0 Å². The van der Waals surface area contributed by atoms with Crippen molar-refractivity contribution in [1.29, 1.82) is 0 Å². The Morgan fingerprint density at radius 1 is 1.17 bits per heavy atom. The molecule has 0 aromatic rings. The molecule has 0 amide bonds. The van der Waals surface area contributed by atoms with Crippen molar-refractivity contribution in [3.05, 3.63) is 0 Å². The van der Waals surface area contributed by atoms with E-state index in [2.05, 4.69) is 0 Å². The van der Waals surface area contributed by atoms with Crippen LogP contribution in [0.4, 0.5) is 0 Å². The van der Waals surface area contributed by atoms with Gasteiger partial charge in [0.1, 0.15) is 0 Å². The van der Waals surface area contributed by atoms with Crippen molar-refractivity contribution in [1.82, 2.24) is 0 Å². The largest absolute Gasteiger partial charge is 4.00 e. The number of hydrogen-bond acceptors (Lipinski definition) is 4. The van der Waals surface area contributed by atoms with Crippen LogP contribution in [0.25, 0.3) is 0 Å². The molecule has 0 saturated heterocycles. The van der Waals surface area contributed by atoms with Gasteiger partial charge in [-0.3, -0.25) is 8.42 Å². The van der Waals surface area contributed by atoms with Crippen LogP contribution in [-0.4, -0.2) is 17.5 Å². The summed E-state index contributed by atoms with van der Waals surface area (Å²) in [5.74, 6) is 0. The summed E-state index contributed by atoms with van der Waals surface area (Å²) < 4.78 is 34.1. The summed E-state index contributed by atoms with van der Waals surface area (Å²) in [6, 6.07) is 0. The van der Waals surface area contributed by atoms with E-state index in [0.717, 1.165) is 0 Å². The Balaban J connectivity index is 0. The molecule has 0 spiro atoms. The van der Waals surface area contributed by atoms with Gasteiger partial charge in [-0.1, -0.05) is 0 Å². The van der Waals surface area contributed by atoms with Crippen LogP contribution >= 0.6 is 0 Å². The zero-order chi connectivity index (χ0) is 4.50. The van der Waals surface area contributed by atoms with Gasteiger partial charge in [-0.05, 0) is 0 Å². The van der Waals surface area contributed by atoms with E-state index >= 15 is 0 Å². The van der Waals surface area contributed by atoms with Crippen molar-refractivity contribution in [2.24, 2.45) is 0 Å². The first-order chi connectivity index (χ1) is 2.00. The predicted octanol–water partition coefficient (Wildman–Crippen LogP) is -1.34. The minimum atomic E-state index is -5.17. The van der Waals surface area contributed by atoms with Gasteiger partial charge in [0.2, 0.25) is 0 Å². The van der Waals surface area contributed by atoms with E-state index in [0.29, 0.717) is 0 Å². The first kappa shape index (κ1) is 9.89. The van der Waals surface area contributed by atoms with E-state index in [4.69, 9.17) is 17.5 Å². The van der Waals surface area contributed by atoms with Crippen LogP contribution in [0.3, 0.4) is 0 Å². The second-order valence-corrected chi connectivity index (χ2v) is 1.22. The summed E-state index contributed by atoms with van der Waals surface area (Å²) in [5.41, 5.74) is 0. The van der Waals surface area contributed by atoms with E-state index in [1.165, 1.54) is 0 Å². The molecule has 0 radical (unpaired) electrons. The molecular formula is O4SZr+2. The molecule has 0 aliphatic rings. The normalized spacial score (nSPS) is 9.67. The molecule has 0 aromatic heterocycles. The number of hydrogen-bond donors (Lipinski definition) is 0. The summed E-state index contributed by atoms with van der Waals surface area (Å²) in [7, 11) is -5.17. The quantitative estimate of drug-likeness (QED) is 0.347. The van der Waals surface area contributed by atoms with E-state index in [1.54, 1.807) is 0 Å². The standard InChI is InChI=1S/H2O4S.Zr/c1-5(2,3)4;/h(H2,1,2,3,4);/q;+4/p-2. The van der Waals surface area contributed by atoms with E-state index in [9.17, 15) is 0 Å². The van der Waals surface area contributed by atoms with E-state index in [-0.39, 0.29) is 26.2 Å². The van der Waals surface area contributed by atoms with Crippen LogP contribution in [0, 0.1) is 0 Å². The molecule has 0 unspecified atom stereocenters. The Morgan fingerprint density at radius 2 is 1.17 bits per heavy atom. The van der Waals surface area contributed by atoms with Crippen molar-refractivity contribution in [2.75, 3.05) is 0 Å². The molecule has 0 rings (SSSR count). The zero-order valence-corrected chi connectivity index (χ0v) is 5.82. The summed E-state index contributed by atoms with van der Waals surface area (Å²) in [5, 5.41) is 0. The molecule has 32 valence electrons. The Labute approximate surface area is 54.3 Å². The Morgan fingerprint density at radius 3 is 1.17 bits per heavy atom. The van der Waals surface area contributed by atoms with Crippen molar-refractivity contribution >= 4 is 10.4 Å². The van der Waals surface area contributed by atoms with E-state index in [1.807, 2.05) is 0 Å². The molecule has 0 saturated carbocycles. The van der Waals surface area contributed by atoms with Gasteiger partial charge in [-0.15, -0.1) is 0 Å². The summed E-state index contributed by atoms with van der Waals surface area (Å²) >= 11 is 0. The Bertz CT molecular complexity index is 90.7. The van der Waals surface area contributed by atoms with Gasteiger partial charge >= 0.3 is 26.2 Å². The van der Waals surface area contributed by atoms with Gasteiger partial charge in [0.15, 0.2) is 0 Å².